The van der Waals surface area contributed by atoms with Crippen molar-refractivity contribution in [3.8, 4) is 0 Å². The van der Waals surface area contributed by atoms with E-state index in [1.807, 2.05) is 31.6 Å². The van der Waals surface area contributed by atoms with Crippen molar-refractivity contribution >= 4 is 11.7 Å². The standard InChI is InChI=1S/C14H25N5O/c1-11(2)19-13(6-8-16-19)17-14(20)10-18(3)12-5-4-7-15-9-12/h6,8,11-12,15H,4-5,7,9-10H2,1-3H3,(H,17,20). The molecule has 1 fully saturated rings. The zero-order valence-electron chi connectivity index (χ0n) is 12.6. The normalized spacial score (nSPS) is 19.6. The summed E-state index contributed by atoms with van der Waals surface area (Å²) in [6, 6.07) is 2.52. The van der Waals surface area contributed by atoms with Crippen molar-refractivity contribution in [1.82, 2.24) is 20.0 Å². The summed E-state index contributed by atoms with van der Waals surface area (Å²) in [6.07, 6.45) is 4.04. The lowest BCUT2D eigenvalue weighted by atomic mass is 10.1. The van der Waals surface area contributed by atoms with Crippen LogP contribution in [0.25, 0.3) is 0 Å². The lowest BCUT2D eigenvalue weighted by Gasteiger charge is -2.31. The molecule has 1 amide bonds. The summed E-state index contributed by atoms with van der Waals surface area (Å²) in [6.45, 7) is 6.55. The van der Waals surface area contributed by atoms with Crippen LogP contribution in [0.2, 0.25) is 0 Å². The molecular weight excluding hydrogens is 254 g/mol. The fourth-order valence-corrected chi connectivity index (χ4v) is 2.57. The van der Waals surface area contributed by atoms with Gasteiger partial charge in [-0.25, -0.2) is 4.68 Å². The molecule has 6 heteroatoms. The van der Waals surface area contributed by atoms with Gasteiger partial charge in [-0.2, -0.15) is 5.10 Å². The van der Waals surface area contributed by atoms with Gasteiger partial charge in [-0.3, -0.25) is 9.69 Å². The second kappa shape index (κ2) is 6.85. The van der Waals surface area contributed by atoms with Crippen molar-refractivity contribution in [1.29, 1.82) is 0 Å². The van der Waals surface area contributed by atoms with Crippen molar-refractivity contribution in [2.24, 2.45) is 0 Å². The van der Waals surface area contributed by atoms with Crippen molar-refractivity contribution in [3.63, 3.8) is 0 Å². The lowest BCUT2D eigenvalue weighted by molar-refractivity contribution is -0.117. The molecule has 0 aliphatic carbocycles. The Kier molecular flexibility index (Phi) is 5.14. The largest absolute Gasteiger partial charge is 0.315 e. The van der Waals surface area contributed by atoms with Gasteiger partial charge in [0.05, 0.1) is 12.7 Å². The summed E-state index contributed by atoms with van der Waals surface area (Å²) in [5.74, 6) is 0.778. The molecule has 0 saturated carbocycles. The molecule has 1 atom stereocenters. The molecule has 2 heterocycles. The fraction of sp³-hybridized carbons (Fsp3) is 0.714. The Morgan fingerprint density at radius 1 is 1.65 bits per heavy atom. The topological polar surface area (TPSA) is 62.2 Å². The Hall–Kier alpha value is -1.40. The molecule has 0 spiro atoms. The van der Waals surface area contributed by atoms with Gasteiger partial charge >= 0.3 is 0 Å². The Labute approximate surface area is 120 Å². The van der Waals surface area contributed by atoms with Gasteiger partial charge in [-0.1, -0.05) is 0 Å². The molecule has 0 radical (unpaired) electrons. The summed E-state index contributed by atoms with van der Waals surface area (Å²) in [4.78, 5) is 14.2. The zero-order valence-corrected chi connectivity index (χ0v) is 12.6. The van der Waals surface area contributed by atoms with E-state index in [9.17, 15) is 4.79 Å². The van der Waals surface area contributed by atoms with Crippen LogP contribution in [0.5, 0.6) is 0 Å². The quantitative estimate of drug-likeness (QED) is 0.847. The third-order valence-corrected chi connectivity index (χ3v) is 3.71. The van der Waals surface area contributed by atoms with Gasteiger partial charge in [-0.05, 0) is 40.3 Å². The van der Waals surface area contributed by atoms with Gasteiger partial charge in [0.15, 0.2) is 0 Å². The molecule has 112 valence electrons. The average Bonchev–Trinajstić information content (AvgIpc) is 2.87. The minimum Gasteiger partial charge on any atom is -0.315 e. The summed E-state index contributed by atoms with van der Waals surface area (Å²) in [5.41, 5.74) is 0. The zero-order chi connectivity index (χ0) is 14.5. The number of aromatic nitrogens is 2. The van der Waals surface area contributed by atoms with Crippen LogP contribution < -0.4 is 10.6 Å². The van der Waals surface area contributed by atoms with Crippen molar-refractivity contribution in [2.75, 3.05) is 32.0 Å². The first-order valence-corrected chi connectivity index (χ1v) is 7.32. The maximum atomic E-state index is 12.1. The summed E-state index contributed by atoms with van der Waals surface area (Å²) in [5, 5.41) is 10.5. The first-order chi connectivity index (χ1) is 9.58. The molecule has 1 unspecified atom stereocenters. The number of nitrogens with one attached hydrogen (secondary N) is 2. The number of nitrogens with zero attached hydrogens (tertiary/aromatic N) is 3. The minimum atomic E-state index is 0.0143. The number of hydrogen-bond acceptors (Lipinski definition) is 4. The molecule has 1 saturated heterocycles. The number of carbonyl (C=O) groups excluding carboxylic acids is 1. The number of carbonyl (C=O) groups is 1. The van der Waals surface area contributed by atoms with Crippen molar-refractivity contribution in [2.45, 2.75) is 38.8 Å². The fourth-order valence-electron chi connectivity index (χ4n) is 2.57. The van der Waals surface area contributed by atoms with E-state index in [1.54, 1.807) is 6.20 Å². The van der Waals surface area contributed by atoms with E-state index in [4.69, 9.17) is 0 Å². The highest BCUT2D eigenvalue weighted by molar-refractivity contribution is 5.91. The van der Waals surface area contributed by atoms with Gasteiger partial charge < -0.3 is 10.6 Å². The molecule has 1 aliphatic heterocycles. The highest BCUT2D eigenvalue weighted by atomic mass is 16.2. The average molecular weight is 279 g/mol. The Morgan fingerprint density at radius 2 is 2.45 bits per heavy atom. The smallest absolute Gasteiger partial charge is 0.239 e. The number of amides is 1. The molecule has 6 nitrogen and oxygen atoms in total. The van der Waals surface area contributed by atoms with Crippen LogP contribution in [0.3, 0.4) is 0 Å². The van der Waals surface area contributed by atoms with Gasteiger partial charge in [0.25, 0.3) is 0 Å². The second-order valence-corrected chi connectivity index (χ2v) is 5.72. The Morgan fingerprint density at radius 3 is 3.10 bits per heavy atom. The molecule has 2 rings (SSSR count). The molecule has 20 heavy (non-hydrogen) atoms. The molecule has 1 aliphatic rings. The van der Waals surface area contributed by atoms with Crippen molar-refractivity contribution < 1.29 is 4.79 Å². The van der Waals surface area contributed by atoms with Gasteiger partial charge in [0.1, 0.15) is 5.82 Å². The van der Waals surface area contributed by atoms with E-state index in [-0.39, 0.29) is 11.9 Å². The minimum absolute atomic E-state index is 0.0143. The van der Waals surface area contributed by atoms with Crippen LogP contribution in [-0.2, 0) is 4.79 Å². The highest BCUT2D eigenvalue weighted by Gasteiger charge is 2.20. The Bertz CT molecular complexity index is 437. The third-order valence-electron chi connectivity index (χ3n) is 3.71. The number of rotatable bonds is 5. The third kappa shape index (κ3) is 3.80. The lowest BCUT2D eigenvalue weighted by Crippen LogP contribution is -2.46. The number of likely N-dealkylation sites (N-methyl/N-ethyl adjacent to an activating group) is 1. The molecule has 1 aromatic heterocycles. The van der Waals surface area contributed by atoms with E-state index >= 15 is 0 Å². The summed E-state index contributed by atoms with van der Waals surface area (Å²) < 4.78 is 1.82. The molecular formula is C14H25N5O. The van der Waals surface area contributed by atoms with Crippen LogP contribution in [-0.4, -0.2) is 53.3 Å². The van der Waals surface area contributed by atoms with Gasteiger partial charge in [-0.15, -0.1) is 0 Å². The number of anilines is 1. The highest BCUT2D eigenvalue weighted by Crippen LogP contribution is 2.13. The van der Waals surface area contributed by atoms with Crippen LogP contribution in [0.1, 0.15) is 32.7 Å². The van der Waals surface area contributed by atoms with E-state index in [2.05, 4.69) is 20.6 Å². The summed E-state index contributed by atoms with van der Waals surface area (Å²) in [7, 11) is 2.01. The maximum Gasteiger partial charge on any atom is 0.239 e. The molecule has 1 aromatic rings. The van der Waals surface area contributed by atoms with Crippen LogP contribution in [0.4, 0.5) is 5.82 Å². The maximum absolute atomic E-state index is 12.1. The first kappa shape index (κ1) is 15.0. The van der Waals surface area contributed by atoms with Gasteiger partial charge in [0.2, 0.25) is 5.91 Å². The predicted octanol–water partition coefficient (Wildman–Crippen LogP) is 1.09. The predicted molar refractivity (Wildman–Crippen MR) is 79.8 cm³/mol. The first-order valence-electron chi connectivity index (χ1n) is 7.32. The summed E-state index contributed by atoms with van der Waals surface area (Å²) >= 11 is 0. The monoisotopic (exact) mass is 279 g/mol. The Balaban J connectivity index is 1.86. The van der Waals surface area contributed by atoms with Crippen LogP contribution in [0, 0.1) is 0 Å². The second-order valence-electron chi connectivity index (χ2n) is 5.72. The molecule has 0 bridgehead atoms. The van der Waals surface area contributed by atoms with E-state index in [1.165, 1.54) is 6.42 Å². The number of hydrogen-bond donors (Lipinski definition) is 2. The van der Waals surface area contributed by atoms with Crippen molar-refractivity contribution in [3.05, 3.63) is 12.3 Å². The van der Waals surface area contributed by atoms with E-state index < -0.39 is 0 Å². The van der Waals surface area contributed by atoms with E-state index in [0.717, 1.165) is 25.3 Å². The van der Waals surface area contributed by atoms with E-state index in [0.29, 0.717) is 12.6 Å². The van der Waals surface area contributed by atoms with Gasteiger partial charge in [0, 0.05) is 24.7 Å². The van der Waals surface area contributed by atoms with Crippen LogP contribution in [0.15, 0.2) is 12.3 Å². The SMILES string of the molecule is CC(C)n1nccc1NC(=O)CN(C)C1CCCNC1. The molecule has 2 N–H and O–H groups in total. The van der Waals surface area contributed by atoms with Crippen LogP contribution >= 0.6 is 0 Å². The number of piperidine rings is 1. The molecule has 0 aromatic carbocycles.